The first-order valence-corrected chi connectivity index (χ1v) is 13.9. The first-order valence-electron chi connectivity index (χ1n) is 12.9. The molecule has 3 N–H and O–H groups in total. The van der Waals surface area contributed by atoms with Crippen LogP contribution >= 0.6 is 22.6 Å². The van der Waals surface area contributed by atoms with E-state index in [2.05, 4.69) is 33.2 Å². The molecule has 3 aromatic carbocycles. The topological polar surface area (TPSA) is 70.6 Å². The summed E-state index contributed by atoms with van der Waals surface area (Å²) in [6, 6.07) is 16.5. The van der Waals surface area contributed by atoms with Crippen LogP contribution in [0.1, 0.15) is 47.4 Å². The lowest BCUT2D eigenvalue weighted by atomic mass is 9.80. The molecule has 4 rings (SSSR count). The molecule has 1 amide bonds. The minimum atomic E-state index is -0.966. The summed E-state index contributed by atoms with van der Waals surface area (Å²) in [5.41, 5.74) is 3.71. The summed E-state index contributed by atoms with van der Waals surface area (Å²) in [7, 11) is 1.65. The Hall–Kier alpha value is -2.56. The van der Waals surface area contributed by atoms with Gasteiger partial charge in [-0.15, -0.1) is 0 Å². The number of carbonyl (C=O) groups excluding carboxylic acids is 1. The van der Waals surface area contributed by atoms with Crippen LogP contribution in [-0.2, 0) is 24.2 Å². The van der Waals surface area contributed by atoms with E-state index in [0.29, 0.717) is 12.1 Å². The van der Waals surface area contributed by atoms with Gasteiger partial charge >= 0.3 is 0 Å². The standard InChI is InChI=1S/C30H33F2IN2O3/c1-38-29-10-4-8-25-21(6-3-9-26(25)29)15-30(37)35-27(14-20-11-22(31)16-23(32)12-20)28(36)18-34-17-19-5-2-7-24(33)13-19/h2,4-5,7-8,10-13,16,21,27-28,34,36H,3,6,9,14-15,17-18H2,1H3,(H,35,37)/t21?,27-,28-/m0/s1. The number of methoxy groups -OCH3 is 1. The molecule has 0 fully saturated rings. The maximum atomic E-state index is 13.9. The Morgan fingerprint density at radius 3 is 2.61 bits per heavy atom. The fraction of sp³-hybridized carbons (Fsp3) is 0.367. The van der Waals surface area contributed by atoms with E-state index in [0.717, 1.165) is 51.3 Å². The third kappa shape index (κ3) is 7.74. The van der Waals surface area contributed by atoms with Gasteiger partial charge in [-0.3, -0.25) is 4.79 Å². The third-order valence-corrected chi connectivity index (χ3v) is 7.67. The lowest BCUT2D eigenvalue weighted by Gasteiger charge is -2.29. The molecule has 0 spiro atoms. The summed E-state index contributed by atoms with van der Waals surface area (Å²) in [6.07, 6.45) is 2.15. The maximum Gasteiger partial charge on any atom is 0.220 e. The van der Waals surface area contributed by atoms with E-state index < -0.39 is 23.8 Å². The van der Waals surface area contributed by atoms with Crippen molar-refractivity contribution in [3.05, 3.63) is 98.1 Å². The Labute approximate surface area is 236 Å². The predicted molar refractivity (Wildman–Crippen MR) is 152 cm³/mol. The molecule has 1 unspecified atom stereocenters. The molecule has 0 radical (unpaired) electrons. The second-order valence-corrected chi connectivity index (χ2v) is 11.1. The van der Waals surface area contributed by atoms with E-state index in [1.54, 1.807) is 7.11 Å². The van der Waals surface area contributed by atoms with Gasteiger partial charge in [-0.25, -0.2) is 8.78 Å². The van der Waals surface area contributed by atoms with Crippen molar-refractivity contribution in [2.75, 3.05) is 13.7 Å². The highest BCUT2D eigenvalue weighted by Gasteiger charge is 2.27. The number of aliphatic hydroxyl groups is 1. The molecule has 0 saturated carbocycles. The molecular weight excluding hydrogens is 601 g/mol. The fourth-order valence-corrected chi connectivity index (χ4v) is 5.83. The fourth-order valence-electron chi connectivity index (χ4n) is 5.23. The normalized spacial score (nSPS) is 16.4. The molecule has 8 heteroatoms. The van der Waals surface area contributed by atoms with E-state index in [1.807, 2.05) is 42.5 Å². The average molecular weight is 635 g/mol. The summed E-state index contributed by atoms with van der Waals surface area (Å²) in [5.74, 6) is -0.706. The highest BCUT2D eigenvalue weighted by Crippen LogP contribution is 2.38. The minimum absolute atomic E-state index is 0.0388. The van der Waals surface area contributed by atoms with Crippen LogP contribution in [0.3, 0.4) is 0 Å². The molecular formula is C30H33F2IN2O3. The number of amides is 1. The third-order valence-electron chi connectivity index (χ3n) is 7.00. The van der Waals surface area contributed by atoms with E-state index in [-0.39, 0.29) is 31.2 Å². The average Bonchev–Trinajstić information content (AvgIpc) is 2.87. The van der Waals surface area contributed by atoms with Crippen LogP contribution in [0.4, 0.5) is 8.78 Å². The van der Waals surface area contributed by atoms with Gasteiger partial charge in [-0.05, 0) is 107 Å². The van der Waals surface area contributed by atoms with E-state index >= 15 is 0 Å². The smallest absolute Gasteiger partial charge is 0.220 e. The lowest BCUT2D eigenvalue weighted by Crippen LogP contribution is -2.49. The number of hydrogen-bond donors (Lipinski definition) is 3. The monoisotopic (exact) mass is 634 g/mol. The van der Waals surface area contributed by atoms with Crippen molar-refractivity contribution in [3.8, 4) is 5.75 Å². The van der Waals surface area contributed by atoms with E-state index in [4.69, 9.17) is 4.74 Å². The van der Waals surface area contributed by atoms with Crippen LogP contribution in [0.25, 0.3) is 0 Å². The second-order valence-electron chi connectivity index (χ2n) is 9.81. The lowest BCUT2D eigenvalue weighted by molar-refractivity contribution is -0.123. The van der Waals surface area contributed by atoms with Crippen molar-refractivity contribution in [2.24, 2.45) is 0 Å². The van der Waals surface area contributed by atoms with E-state index in [9.17, 15) is 18.7 Å². The Morgan fingerprint density at radius 2 is 1.87 bits per heavy atom. The molecule has 1 aliphatic rings. The van der Waals surface area contributed by atoms with Gasteiger partial charge in [-0.2, -0.15) is 0 Å². The van der Waals surface area contributed by atoms with Crippen LogP contribution < -0.4 is 15.4 Å². The van der Waals surface area contributed by atoms with Gasteiger partial charge in [0.1, 0.15) is 17.4 Å². The van der Waals surface area contributed by atoms with Gasteiger partial charge < -0.3 is 20.5 Å². The van der Waals surface area contributed by atoms with Gasteiger partial charge in [0.25, 0.3) is 0 Å². The number of nitrogens with one attached hydrogen (secondary N) is 2. The van der Waals surface area contributed by atoms with Crippen LogP contribution in [0, 0.1) is 15.2 Å². The second kappa shape index (κ2) is 13.5. The Morgan fingerprint density at radius 1 is 1.11 bits per heavy atom. The van der Waals surface area contributed by atoms with Crippen LogP contribution in [0.2, 0.25) is 0 Å². The molecule has 0 aliphatic heterocycles. The summed E-state index contributed by atoms with van der Waals surface area (Å²) >= 11 is 2.25. The van der Waals surface area contributed by atoms with Crippen molar-refractivity contribution >= 4 is 28.5 Å². The quantitative estimate of drug-likeness (QED) is 0.252. The number of halogens is 3. The van der Waals surface area contributed by atoms with Crippen molar-refractivity contribution in [1.82, 2.24) is 10.6 Å². The van der Waals surface area contributed by atoms with Crippen LogP contribution in [-0.4, -0.2) is 36.8 Å². The number of benzene rings is 3. The van der Waals surface area contributed by atoms with Crippen molar-refractivity contribution < 1.29 is 23.4 Å². The first-order chi connectivity index (χ1) is 18.3. The minimum Gasteiger partial charge on any atom is -0.496 e. The Bertz CT molecular complexity index is 1240. The molecule has 0 saturated heterocycles. The number of hydrogen-bond acceptors (Lipinski definition) is 4. The number of ether oxygens (including phenoxy) is 1. The molecule has 0 heterocycles. The van der Waals surface area contributed by atoms with Crippen molar-refractivity contribution in [2.45, 2.75) is 56.7 Å². The number of carbonyl (C=O) groups is 1. The van der Waals surface area contributed by atoms with E-state index in [1.165, 1.54) is 12.1 Å². The summed E-state index contributed by atoms with van der Waals surface area (Å²) < 4.78 is 34.4. The van der Waals surface area contributed by atoms with Crippen LogP contribution in [0.5, 0.6) is 5.75 Å². The molecule has 5 nitrogen and oxygen atoms in total. The highest BCUT2D eigenvalue weighted by molar-refractivity contribution is 14.1. The van der Waals surface area contributed by atoms with Crippen LogP contribution in [0.15, 0.2) is 60.7 Å². The number of fused-ring (bicyclic) bond motifs is 1. The number of aliphatic hydroxyl groups excluding tert-OH is 1. The molecule has 202 valence electrons. The predicted octanol–water partition coefficient (Wildman–Crippen LogP) is 5.27. The zero-order valence-electron chi connectivity index (χ0n) is 21.4. The molecule has 3 aromatic rings. The zero-order chi connectivity index (χ0) is 27.1. The summed E-state index contributed by atoms with van der Waals surface area (Å²) in [4.78, 5) is 13.2. The maximum absolute atomic E-state index is 13.9. The number of rotatable bonds is 11. The summed E-state index contributed by atoms with van der Waals surface area (Å²) in [6.45, 7) is 0.752. The molecule has 3 atom stereocenters. The molecule has 0 aromatic heterocycles. The van der Waals surface area contributed by atoms with Crippen molar-refractivity contribution in [1.29, 1.82) is 0 Å². The largest absolute Gasteiger partial charge is 0.496 e. The zero-order valence-corrected chi connectivity index (χ0v) is 23.5. The van der Waals surface area contributed by atoms with Gasteiger partial charge in [0.2, 0.25) is 5.91 Å². The highest BCUT2D eigenvalue weighted by atomic mass is 127. The van der Waals surface area contributed by atoms with Gasteiger partial charge in [0, 0.05) is 29.1 Å². The Kier molecular flexibility index (Phi) is 10.1. The first kappa shape index (κ1) is 28.4. The van der Waals surface area contributed by atoms with Gasteiger partial charge in [0.15, 0.2) is 0 Å². The summed E-state index contributed by atoms with van der Waals surface area (Å²) in [5, 5.41) is 17.2. The van der Waals surface area contributed by atoms with Gasteiger partial charge in [0.05, 0.1) is 19.3 Å². The Balaban J connectivity index is 1.44. The molecule has 1 aliphatic carbocycles. The SMILES string of the molecule is COc1cccc2c1CCCC2CC(=O)N[C@@H](Cc1cc(F)cc(F)c1)[C@@H](O)CNCc1cccc(I)c1. The van der Waals surface area contributed by atoms with Gasteiger partial charge in [-0.1, -0.05) is 24.3 Å². The molecule has 0 bridgehead atoms. The van der Waals surface area contributed by atoms with Crippen molar-refractivity contribution in [3.63, 3.8) is 0 Å². The molecule has 38 heavy (non-hydrogen) atoms.